The minimum absolute atomic E-state index is 0.198. The number of benzene rings is 1. The van der Waals surface area contributed by atoms with Crippen LogP contribution in [0.15, 0.2) is 24.3 Å². The maximum absolute atomic E-state index is 10.8. The molecule has 1 aliphatic heterocycles. The molecule has 1 fully saturated rings. The molecule has 2 atom stereocenters. The van der Waals surface area contributed by atoms with Gasteiger partial charge in [-0.1, -0.05) is 52.0 Å². The van der Waals surface area contributed by atoms with Crippen LogP contribution in [-0.2, 0) is 11.8 Å². The van der Waals surface area contributed by atoms with Crippen molar-refractivity contribution in [3.8, 4) is 0 Å². The molecule has 0 spiro atoms. The summed E-state index contributed by atoms with van der Waals surface area (Å²) < 4.78 is 0. The summed E-state index contributed by atoms with van der Waals surface area (Å²) in [5.41, 5.74) is 2.29. The predicted octanol–water partition coefficient (Wildman–Crippen LogP) is 4.17. The van der Waals surface area contributed by atoms with Gasteiger partial charge in [0.05, 0.1) is 5.60 Å². The van der Waals surface area contributed by atoms with Crippen molar-refractivity contribution >= 4 is 11.8 Å². The van der Waals surface area contributed by atoms with E-state index in [2.05, 4.69) is 52.0 Å². The fraction of sp³-hybridized carbons (Fsp3) is 0.647. The minimum Gasteiger partial charge on any atom is -0.388 e. The smallest absolute Gasteiger partial charge is 0.0803 e. The molecule has 2 rings (SSSR count). The molecule has 1 heterocycles. The molecule has 1 N–H and O–H groups in total. The Morgan fingerprint density at radius 3 is 2.42 bits per heavy atom. The first-order valence-corrected chi connectivity index (χ1v) is 8.29. The molecule has 19 heavy (non-hydrogen) atoms. The first kappa shape index (κ1) is 14.9. The number of rotatable bonds is 2. The van der Waals surface area contributed by atoms with Gasteiger partial charge in [-0.25, -0.2) is 0 Å². The average molecular weight is 278 g/mol. The lowest BCUT2D eigenvalue weighted by Crippen LogP contribution is -2.43. The minimum atomic E-state index is -0.522. The standard InChI is InChI=1S/C17H26OS/c1-13-17(18,10-5-11-19-13)12-14-6-8-15(9-7-14)16(2,3)4/h6-9,13,18H,5,10-12H2,1-4H3. The summed E-state index contributed by atoms with van der Waals surface area (Å²) >= 11 is 1.90. The summed E-state index contributed by atoms with van der Waals surface area (Å²) in [6, 6.07) is 8.79. The zero-order valence-corrected chi connectivity index (χ0v) is 13.4. The van der Waals surface area contributed by atoms with E-state index in [1.807, 2.05) is 11.8 Å². The van der Waals surface area contributed by atoms with E-state index in [9.17, 15) is 5.11 Å². The summed E-state index contributed by atoms with van der Waals surface area (Å²) in [4.78, 5) is 0. The molecule has 0 aromatic heterocycles. The third-order valence-corrected chi connectivity index (χ3v) is 5.67. The lowest BCUT2D eigenvalue weighted by atomic mass is 9.84. The third kappa shape index (κ3) is 3.55. The van der Waals surface area contributed by atoms with Crippen molar-refractivity contribution in [2.75, 3.05) is 5.75 Å². The van der Waals surface area contributed by atoms with Gasteiger partial charge in [0.15, 0.2) is 0 Å². The fourth-order valence-electron chi connectivity index (χ4n) is 2.70. The van der Waals surface area contributed by atoms with Gasteiger partial charge >= 0.3 is 0 Å². The van der Waals surface area contributed by atoms with E-state index in [0.717, 1.165) is 19.3 Å². The molecular weight excluding hydrogens is 252 g/mol. The van der Waals surface area contributed by atoms with Crippen LogP contribution in [0.2, 0.25) is 0 Å². The average Bonchev–Trinajstić information content (AvgIpc) is 2.33. The number of aliphatic hydroxyl groups is 1. The van der Waals surface area contributed by atoms with Gasteiger partial charge in [0.2, 0.25) is 0 Å². The van der Waals surface area contributed by atoms with Gasteiger partial charge < -0.3 is 5.11 Å². The number of hydrogen-bond donors (Lipinski definition) is 1. The maximum atomic E-state index is 10.8. The second-order valence-corrected chi connectivity index (χ2v) is 8.29. The van der Waals surface area contributed by atoms with E-state index in [1.54, 1.807) is 0 Å². The van der Waals surface area contributed by atoms with Crippen LogP contribution < -0.4 is 0 Å². The van der Waals surface area contributed by atoms with Gasteiger partial charge in [0.1, 0.15) is 0 Å². The molecule has 1 aromatic carbocycles. The quantitative estimate of drug-likeness (QED) is 0.876. The summed E-state index contributed by atoms with van der Waals surface area (Å²) in [5, 5.41) is 11.1. The van der Waals surface area contributed by atoms with Gasteiger partial charge in [-0.05, 0) is 35.1 Å². The lowest BCUT2D eigenvalue weighted by Gasteiger charge is -2.38. The highest BCUT2D eigenvalue weighted by molar-refractivity contribution is 8.00. The molecule has 1 nitrogen and oxygen atoms in total. The SMILES string of the molecule is CC1SCCCC1(O)Cc1ccc(C(C)(C)C)cc1. The Morgan fingerprint density at radius 1 is 1.26 bits per heavy atom. The molecule has 0 radical (unpaired) electrons. The van der Waals surface area contributed by atoms with Crippen LogP contribution >= 0.6 is 11.8 Å². The highest BCUT2D eigenvalue weighted by Gasteiger charge is 2.36. The van der Waals surface area contributed by atoms with Crippen LogP contribution in [0.5, 0.6) is 0 Å². The van der Waals surface area contributed by atoms with Gasteiger partial charge in [0.25, 0.3) is 0 Å². The monoisotopic (exact) mass is 278 g/mol. The van der Waals surface area contributed by atoms with E-state index in [-0.39, 0.29) is 5.41 Å². The zero-order chi connectivity index (χ0) is 14.1. The molecule has 106 valence electrons. The Kier molecular flexibility index (Phi) is 4.32. The van der Waals surface area contributed by atoms with Gasteiger partial charge in [-0.15, -0.1) is 0 Å². The van der Waals surface area contributed by atoms with E-state index in [1.165, 1.54) is 16.9 Å². The van der Waals surface area contributed by atoms with Crippen molar-refractivity contribution in [3.63, 3.8) is 0 Å². The molecule has 1 saturated heterocycles. The Balaban J connectivity index is 2.11. The largest absolute Gasteiger partial charge is 0.388 e. The fourth-order valence-corrected chi connectivity index (χ4v) is 3.88. The number of thioether (sulfide) groups is 1. The molecule has 2 heteroatoms. The van der Waals surface area contributed by atoms with Crippen molar-refractivity contribution in [1.82, 2.24) is 0 Å². The van der Waals surface area contributed by atoms with Crippen molar-refractivity contribution in [1.29, 1.82) is 0 Å². The van der Waals surface area contributed by atoms with Crippen LogP contribution in [0, 0.1) is 0 Å². The molecular formula is C17H26OS. The van der Waals surface area contributed by atoms with Gasteiger partial charge in [-0.2, -0.15) is 11.8 Å². The van der Waals surface area contributed by atoms with Crippen molar-refractivity contribution in [3.05, 3.63) is 35.4 Å². The summed E-state index contributed by atoms with van der Waals surface area (Å²) in [5.74, 6) is 1.19. The van der Waals surface area contributed by atoms with Crippen LogP contribution in [0.1, 0.15) is 51.7 Å². The molecule has 1 aromatic rings. The van der Waals surface area contributed by atoms with Crippen LogP contribution in [0.3, 0.4) is 0 Å². The molecule has 0 saturated carbocycles. The highest BCUT2D eigenvalue weighted by Crippen LogP contribution is 2.36. The third-order valence-electron chi connectivity index (χ3n) is 4.21. The van der Waals surface area contributed by atoms with Crippen molar-refractivity contribution in [2.45, 2.75) is 63.2 Å². The zero-order valence-electron chi connectivity index (χ0n) is 12.6. The maximum Gasteiger partial charge on any atom is 0.0803 e. The second kappa shape index (κ2) is 5.49. The molecule has 0 amide bonds. The van der Waals surface area contributed by atoms with Crippen LogP contribution in [-0.4, -0.2) is 21.7 Å². The Morgan fingerprint density at radius 2 is 1.89 bits per heavy atom. The van der Waals surface area contributed by atoms with E-state index in [4.69, 9.17) is 0 Å². The van der Waals surface area contributed by atoms with E-state index in [0.29, 0.717) is 5.25 Å². The predicted molar refractivity (Wildman–Crippen MR) is 84.9 cm³/mol. The van der Waals surface area contributed by atoms with Crippen LogP contribution in [0.25, 0.3) is 0 Å². The highest BCUT2D eigenvalue weighted by atomic mass is 32.2. The Bertz CT molecular complexity index is 418. The Hall–Kier alpha value is -0.470. The van der Waals surface area contributed by atoms with Crippen molar-refractivity contribution in [2.24, 2.45) is 0 Å². The van der Waals surface area contributed by atoms with E-state index < -0.39 is 5.60 Å². The molecule has 2 unspecified atom stereocenters. The normalized spacial score (nSPS) is 28.4. The molecule has 1 aliphatic rings. The lowest BCUT2D eigenvalue weighted by molar-refractivity contribution is 0.0297. The Labute approximate surface area is 121 Å². The number of hydrogen-bond acceptors (Lipinski definition) is 2. The van der Waals surface area contributed by atoms with Gasteiger partial charge in [-0.3, -0.25) is 0 Å². The first-order chi connectivity index (χ1) is 8.81. The van der Waals surface area contributed by atoms with Gasteiger partial charge in [0, 0.05) is 11.7 Å². The summed E-state index contributed by atoms with van der Waals surface area (Å²) in [7, 11) is 0. The van der Waals surface area contributed by atoms with E-state index >= 15 is 0 Å². The first-order valence-electron chi connectivity index (χ1n) is 7.25. The van der Waals surface area contributed by atoms with Crippen molar-refractivity contribution < 1.29 is 5.11 Å². The summed E-state index contributed by atoms with van der Waals surface area (Å²) in [6.45, 7) is 8.85. The molecule has 0 bridgehead atoms. The topological polar surface area (TPSA) is 20.2 Å². The second-order valence-electron chi connectivity index (χ2n) is 6.84. The summed E-state index contributed by atoms with van der Waals surface area (Å²) in [6.07, 6.45) is 2.85. The molecule has 0 aliphatic carbocycles. The van der Waals surface area contributed by atoms with Crippen LogP contribution in [0.4, 0.5) is 0 Å².